The van der Waals surface area contributed by atoms with E-state index in [-0.39, 0.29) is 17.1 Å². The van der Waals surface area contributed by atoms with Crippen molar-refractivity contribution in [2.75, 3.05) is 11.5 Å². The highest BCUT2D eigenvalue weighted by molar-refractivity contribution is 7.91. The fraction of sp³-hybridized carbons (Fsp3) is 0.444. The molecular formula is C9H9N3O4S. The second kappa shape index (κ2) is 3.85. The molecule has 7 nitrogen and oxygen atoms in total. The van der Waals surface area contributed by atoms with E-state index in [2.05, 4.69) is 0 Å². The summed E-state index contributed by atoms with van der Waals surface area (Å²) in [4.78, 5) is 24.7. The molecule has 17 heavy (non-hydrogen) atoms. The molecule has 0 bridgehead atoms. The molecule has 0 amide bonds. The molecule has 1 aromatic heterocycles. The first kappa shape index (κ1) is 11.6. The van der Waals surface area contributed by atoms with Gasteiger partial charge >= 0.3 is 5.69 Å². The summed E-state index contributed by atoms with van der Waals surface area (Å²) in [5.74, 6) is -0.116. The lowest BCUT2D eigenvalue weighted by Crippen LogP contribution is -2.33. The van der Waals surface area contributed by atoms with Crippen molar-refractivity contribution in [2.24, 2.45) is 0 Å². The molecule has 0 unspecified atom stereocenters. The first-order valence-corrected chi connectivity index (χ1v) is 6.71. The van der Waals surface area contributed by atoms with Crippen molar-refractivity contribution in [3.05, 3.63) is 32.6 Å². The summed E-state index contributed by atoms with van der Waals surface area (Å²) in [6.07, 6.45) is 1.44. The van der Waals surface area contributed by atoms with Gasteiger partial charge in [-0.3, -0.25) is 14.3 Å². The van der Waals surface area contributed by atoms with Crippen LogP contribution in [-0.4, -0.2) is 29.5 Å². The highest BCUT2D eigenvalue weighted by Gasteiger charge is 2.30. The molecule has 90 valence electrons. The Balaban J connectivity index is 2.52. The molecule has 2 rings (SSSR count). The van der Waals surface area contributed by atoms with Crippen LogP contribution in [0, 0.1) is 11.3 Å². The van der Waals surface area contributed by atoms with Crippen LogP contribution in [0.25, 0.3) is 0 Å². The molecule has 1 atom stereocenters. The number of hydrogen-bond donors (Lipinski definition) is 1. The van der Waals surface area contributed by atoms with Gasteiger partial charge in [-0.25, -0.2) is 13.2 Å². The number of hydrogen-bond acceptors (Lipinski definition) is 5. The predicted molar refractivity (Wildman–Crippen MR) is 58.3 cm³/mol. The lowest BCUT2D eigenvalue weighted by molar-refractivity contribution is 0.524. The third kappa shape index (κ3) is 2.14. The first-order chi connectivity index (χ1) is 7.93. The number of aromatic nitrogens is 2. The highest BCUT2D eigenvalue weighted by Crippen LogP contribution is 2.21. The zero-order valence-corrected chi connectivity index (χ0v) is 9.53. The number of sulfone groups is 1. The van der Waals surface area contributed by atoms with Crippen LogP contribution in [0.4, 0.5) is 0 Å². The van der Waals surface area contributed by atoms with Gasteiger partial charge in [0.1, 0.15) is 11.6 Å². The Hall–Kier alpha value is -1.88. The van der Waals surface area contributed by atoms with Crippen LogP contribution in [-0.2, 0) is 9.84 Å². The zero-order chi connectivity index (χ0) is 12.6. The van der Waals surface area contributed by atoms with E-state index in [0.29, 0.717) is 6.42 Å². The Morgan fingerprint density at radius 3 is 2.71 bits per heavy atom. The summed E-state index contributed by atoms with van der Waals surface area (Å²) in [6, 6.07) is 1.15. The SMILES string of the molecule is N#Cc1cn([C@@H]2CCS(=O)(=O)C2)c(=O)[nH]c1=O. The fourth-order valence-electron chi connectivity index (χ4n) is 1.83. The van der Waals surface area contributed by atoms with Crippen molar-refractivity contribution in [1.82, 2.24) is 9.55 Å². The average Bonchev–Trinajstić information content (AvgIpc) is 2.59. The van der Waals surface area contributed by atoms with Crippen molar-refractivity contribution in [3.63, 3.8) is 0 Å². The largest absolute Gasteiger partial charge is 0.328 e. The maximum absolute atomic E-state index is 11.5. The minimum atomic E-state index is -3.12. The lowest BCUT2D eigenvalue weighted by Gasteiger charge is -2.10. The van der Waals surface area contributed by atoms with Crippen LogP contribution < -0.4 is 11.2 Å². The smallest absolute Gasteiger partial charge is 0.295 e. The van der Waals surface area contributed by atoms with Gasteiger partial charge in [0.25, 0.3) is 5.56 Å². The van der Waals surface area contributed by atoms with Gasteiger partial charge in [0.15, 0.2) is 9.84 Å². The van der Waals surface area contributed by atoms with Gasteiger partial charge in [0.2, 0.25) is 0 Å². The number of nitriles is 1. The summed E-state index contributed by atoms with van der Waals surface area (Å²) < 4.78 is 23.7. The van der Waals surface area contributed by atoms with E-state index in [1.165, 1.54) is 0 Å². The average molecular weight is 255 g/mol. The molecule has 0 spiro atoms. The number of rotatable bonds is 1. The first-order valence-electron chi connectivity index (χ1n) is 4.89. The van der Waals surface area contributed by atoms with Gasteiger partial charge in [-0.2, -0.15) is 5.26 Å². The zero-order valence-electron chi connectivity index (χ0n) is 8.71. The standard InChI is InChI=1S/C9H9N3O4S/c10-3-6-4-12(9(14)11-8(6)13)7-1-2-17(15,16)5-7/h4,7H,1-2,5H2,(H,11,13,14)/t7-/m1/s1. The van der Waals surface area contributed by atoms with Crippen LogP contribution in [0.15, 0.2) is 15.8 Å². The second-order valence-corrected chi connectivity index (χ2v) is 6.11. The molecule has 8 heteroatoms. The van der Waals surface area contributed by atoms with Crippen LogP contribution in [0.2, 0.25) is 0 Å². The van der Waals surface area contributed by atoms with Gasteiger partial charge < -0.3 is 0 Å². The molecule has 0 radical (unpaired) electrons. The number of aromatic amines is 1. The van der Waals surface area contributed by atoms with Gasteiger partial charge in [0, 0.05) is 6.20 Å². The predicted octanol–water partition coefficient (Wildman–Crippen LogP) is -1.23. The normalized spacial score (nSPS) is 22.2. The van der Waals surface area contributed by atoms with Gasteiger partial charge in [-0.1, -0.05) is 0 Å². The quantitative estimate of drug-likeness (QED) is 0.675. The summed E-state index contributed by atoms with van der Waals surface area (Å²) in [7, 11) is -3.12. The Bertz CT molecular complexity index is 707. The van der Waals surface area contributed by atoms with Gasteiger partial charge in [-0.05, 0) is 6.42 Å². The molecule has 1 aliphatic rings. The van der Waals surface area contributed by atoms with Crippen LogP contribution in [0.1, 0.15) is 18.0 Å². The molecule has 1 saturated heterocycles. The van der Waals surface area contributed by atoms with E-state index in [4.69, 9.17) is 5.26 Å². The molecular weight excluding hydrogens is 246 g/mol. The van der Waals surface area contributed by atoms with E-state index in [1.54, 1.807) is 6.07 Å². The van der Waals surface area contributed by atoms with Crippen molar-refractivity contribution < 1.29 is 8.42 Å². The molecule has 1 N–H and O–H groups in total. The Morgan fingerprint density at radius 2 is 2.18 bits per heavy atom. The van der Waals surface area contributed by atoms with E-state index in [0.717, 1.165) is 10.8 Å². The highest BCUT2D eigenvalue weighted by atomic mass is 32.2. The van der Waals surface area contributed by atoms with Crippen molar-refractivity contribution >= 4 is 9.84 Å². The fourth-order valence-corrected chi connectivity index (χ4v) is 3.54. The minimum Gasteiger partial charge on any atom is -0.295 e. The van der Waals surface area contributed by atoms with Crippen LogP contribution in [0.3, 0.4) is 0 Å². The van der Waals surface area contributed by atoms with Crippen molar-refractivity contribution in [3.8, 4) is 6.07 Å². The monoisotopic (exact) mass is 255 g/mol. The van der Waals surface area contributed by atoms with Gasteiger partial charge in [-0.15, -0.1) is 0 Å². The lowest BCUT2D eigenvalue weighted by atomic mass is 10.2. The molecule has 0 aliphatic carbocycles. The maximum atomic E-state index is 11.5. The maximum Gasteiger partial charge on any atom is 0.328 e. The topological polar surface area (TPSA) is 113 Å². The summed E-state index contributed by atoms with van der Waals surface area (Å²) >= 11 is 0. The van der Waals surface area contributed by atoms with E-state index < -0.39 is 27.1 Å². The molecule has 0 aromatic carbocycles. The Kier molecular flexibility index (Phi) is 2.63. The molecule has 2 heterocycles. The summed E-state index contributed by atoms with van der Waals surface area (Å²) in [5, 5.41) is 8.68. The van der Waals surface area contributed by atoms with E-state index >= 15 is 0 Å². The molecule has 1 aromatic rings. The number of H-pyrrole nitrogens is 1. The van der Waals surface area contributed by atoms with Crippen LogP contribution >= 0.6 is 0 Å². The Morgan fingerprint density at radius 1 is 1.47 bits per heavy atom. The van der Waals surface area contributed by atoms with E-state index in [9.17, 15) is 18.0 Å². The third-order valence-corrected chi connectivity index (χ3v) is 4.44. The summed E-state index contributed by atoms with van der Waals surface area (Å²) in [6.45, 7) is 0. The van der Waals surface area contributed by atoms with E-state index in [1.807, 2.05) is 4.98 Å². The number of nitrogens with one attached hydrogen (secondary N) is 1. The van der Waals surface area contributed by atoms with Gasteiger partial charge in [0.05, 0.1) is 17.5 Å². The Labute approximate surface area is 96.2 Å². The second-order valence-electron chi connectivity index (χ2n) is 3.88. The van der Waals surface area contributed by atoms with Crippen molar-refractivity contribution in [1.29, 1.82) is 5.26 Å². The minimum absolute atomic E-state index is 0.0190. The molecule has 0 saturated carbocycles. The molecule has 1 aliphatic heterocycles. The molecule has 1 fully saturated rings. The van der Waals surface area contributed by atoms with Crippen LogP contribution in [0.5, 0.6) is 0 Å². The number of nitrogens with zero attached hydrogens (tertiary/aromatic N) is 2. The summed E-state index contributed by atoms with van der Waals surface area (Å²) in [5.41, 5.74) is -1.64. The third-order valence-electron chi connectivity index (χ3n) is 2.69. The van der Waals surface area contributed by atoms with Crippen molar-refractivity contribution in [2.45, 2.75) is 12.5 Å².